The van der Waals surface area contributed by atoms with E-state index in [1.54, 1.807) is 0 Å². The monoisotopic (exact) mass is 394 g/mol. The van der Waals surface area contributed by atoms with Gasteiger partial charge < -0.3 is 15.0 Å². The summed E-state index contributed by atoms with van der Waals surface area (Å²) < 4.78 is 6.05. The molecule has 156 valence electrons. The van der Waals surface area contributed by atoms with Gasteiger partial charge in [0.1, 0.15) is 5.75 Å². The van der Waals surface area contributed by atoms with Gasteiger partial charge in [-0.3, -0.25) is 4.79 Å². The van der Waals surface area contributed by atoms with Gasteiger partial charge >= 0.3 is 0 Å². The molecule has 0 saturated heterocycles. The summed E-state index contributed by atoms with van der Waals surface area (Å²) in [6.45, 7) is 8.16. The molecule has 4 nitrogen and oxygen atoms in total. The smallest absolute Gasteiger partial charge is 0.251 e. The second-order valence-corrected chi connectivity index (χ2v) is 7.77. The minimum atomic E-state index is -0.00687. The molecule has 0 bridgehead atoms. The van der Waals surface area contributed by atoms with Crippen LogP contribution in [0.15, 0.2) is 48.5 Å². The number of ether oxygens (including phenoxy) is 1. The Hall–Kier alpha value is -2.33. The third-order valence-corrected chi connectivity index (χ3v) is 5.75. The van der Waals surface area contributed by atoms with E-state index in [1.165, 1.54) is 12.8 Å². The average Bonchev–Trinajstić information content (AvgIpc) is 3.27. The number of carbonyl (C=O) groups excluding carboxylic acids is 1. The van der Waals surface area contributed by atoms with E-state index in [9.17, 15) is 4.79 Å². The normalized spacial score (nSPS) is 14.3. The van der Waals surface area contributed by atoms with Gasteiger partial charge in [0.2, 0.25) is 0 Å². The third kappa shape index (κ3) is 6.33. The number of amides is 1. The Morgan fingerprint density at radius 2 is 1.76 bits per heavy atom. The summed E-state index contributed by atoms with van der Waals surface area (Å²) in [5.74, 6) is 0.926. The summed E-state index contributed by atoms with van der Waals surface area (Å²) >= 11 is 0. The minimum Gasteiger partial charge on any atom is -0.490 e. The molecule has 29 heavy (non-hydrogen) atoms. The largest absolute Gasteiger partial charge is 0.490 e. The fraction of sp³-hybridized carbons (Fsp3) is 0.480. The number of nitrogens with zero attached hydrogens (tertiary/aromatic N) is 1. The molecule has 1 fully saturated rings. The maximum absolute atomic E-state index is 12.5. The van der Waals surface area contributed by atoms with Crippen LogP contribution in [0.2, 0.25) is 0 Å². The maximum Gasteiger partial charge on any atom is 0.251 e. The molecule has 0 spiro atoms. The van der Waals surface area contributed by atoms with Gasteiger partial charge in [0, 0.05) is 12.1 Å². The first-order valence-electron chi connectivity index (χ1n) is 11.1. The molecule has 2 aromatic carbocycles. The summed E-state index contributed by atoms with van der Waals surface area (Å²) in [4.78, 5) is 14.9. The van der Waals surface area contributed by atoms with Crippen molar-refractivity contribution >= 4 is 5.91 Å². The van der Waals surface area contributed by atoms with E-state index in [2.05, 4.69) is 36.2 Å². The topological polar surface area (TPSA) is 41.6 Å². The molecule has 0 radical (unpaired) electrons. The fourth-order valence-corrected chi connectivity index (χ4v) is 3.91. The van der Waals surface area contributed by atoms with E-state index in [4.69, 9.17) is 4.74 Å². The zero-order valence-corrected chi connectivity index (χ0v) is 17.8. The van der Waals surface area contributed by atoms with Crippen LogP contribution in [0.3, 0.4) is 0 Å². The van der Waals surface area contributed by atoms with E-state index < -0.39 is 0 Å². The summed E-state index contributed by atoms with van der Waals surface area (Å²) in [5.41, 5.74) is 2.85. The van der Waals surface area contributed by atoms with E-state index in [0.29, 0.717) is 18.2 Å². The van der Waals surface area contributed by atoms with Crippen molar-refractivity contribution in [2.24, 2.45) is 0 Å². The molecule has 3 rings (SSSR count). The van der Waals surface area contributed by atoms with Crippen molar-refractivity contribution in [2.45, 2.75) is 52.1 Å². The number of rotatable bonds is 10. The second-order valence-electron chi connectivity index (χ2n) is 7.77. The minimum absolute atomic E-state index is 0.00687. The molecule has 1 amide bonds. The van der Waals surface area contributed by atoms with E-state index in [-0.39, 0.29) is 5.91 Å². The van der Waals surface area contributed by atoms with Crippen LogP contribution in [0.25, 0.3) is 11.1 Å². The Bertz CT molecular complexity index is 763. The fourth-order valence-electron chi connectivity index (χ4n) is 3.91. The van der Waals surface area contributed by atoms with Crippen LogP contribution in [-0.2, 0) is 0 Å². The number of benzene rings is 2. The first-order valence-corrected chi connectivity index (χ1v) is 11.1. The van der Waals surface area contributed by atoms with Crippen molar-refractivity contribution < 1.29 is 9.53 Å². The van der Waals surface area contributed by atoms with E-state index >= 15 is 0 Å². The van der Waals surface area contributed by atoms with Crippen molar-refractivity contribution in [1.29, 1.82) is 0 Å². The van der Waals surface area contributed by atoms with Gasteiger partial charge in [-0.1, -0.05) is 38.1 Å². The van der Waals surface area contributed by atoms with Gasteiger partial charge in [-0.2, -0.15) is 0 Å². The second kappa shape index (κ2) is 11.0. The molecule has 0 heterocycles. The molecule has 0 aliphatic heterocycles. The number of nitrogens with one attached hydrogen (secondary N) is 1. The summed E-state index contributed by atoms with van der Waals surface area (Å²) in [5, 5.41) is 3.05. The van der Waals surface area contributed by atoms with Gasteiger partial charge in [0.15, 0.2) is 0 Å². The average molecular weight is 395 g/mol. The predicted octanol–water partition coefficient (Wildman–Crippen LogP) is 5.14. The van der Waals surface area contributed by atoms with Gasteiger partial charge in [0.05, 0.1) is 6.10 Å². The summed E-state index contributed by atoms with van der Waals surface area (Å²) in [6, 6.07) is 16.1. The molecule has 1 aliphatic carbocycles. The molecule has 0 atom stereocenters. The van der Waals surface area contributed by atoms with Crippen molar-refractivity contribution in [3.63, 3.8) is 0 Å². The Morgan fingerprint density at radius 3 is 2.45 bits per heavy atom. The number of hydrogen-bond donors (Lipinski definition) is 1. The number of carbonyl (C=O) groups is 1. The van der Waals surface area contributed by atoms with Crippen LogP contribution in [0, 0.1) is 0 Å². The SMILES string of the molecule is CCN(CC)CCCNC(=O)c1cccc(-c2ccc(OC3CCCC3)cc2)c1. The lowest BCUT2D eigenvalue weighted by Gasteiger charge is -2.17. The summed E-state index contributed by atoms with van der Waals surface area (Å²) in [7, 11) is 0. The molecule has 1 saturated carbocycles. The summed E-state index contributed by atoms with van der Waals surface area (Å²) in [6.07, 6.45) is 6.20. The highest BCUT2D eigenvalue weighted by atomic mass is 16.5. The quantitative estimate of drug-likeness (QED) is 0.568. The van der Waals surface area contributed by atoms with Crippen LogP contribution in [-0.4, -0.2) is 43.1 Å². The Morgan fingerprint density at radius 1 is 1.03 bits per heavy atom. The Kier molecular flexibility index (Phi) is 8.12. The van der Waals surface area contributed by atoms with E-state index in [1.807, 2.05) is 36.4 Å². The lowest BCUT2D eigenvalue weighted by Crippen LogP contribution is -2.29. The zero-order chi connectivity index (χ0) is 20.5. The maximum atomic E-state index is 12.5. The molecule has 1 aliphatic rings. The first-order chi connectivity index (χ1) is 14.2. The highest BCUT2D eigenvalue weighted by molar-refractivity contribution is 5.95. The van der Waals surface area contributed by atoms with Crippen molar-refractivity contribution in [3.05, 3.63) is 54.1 Å². The molecule has 0 aromatic heterocycles. The van der Waals surface area contributed by atoms with E-state index in [0.717, 1.165) is 55.8 Å². The predicted molar refractivity (Wildman–Crippen MR) is 120 cm³/mol. The van der Waals surface area contributed by atoms with Gasteiger partial charge in [0.25, 0.3) is 5.91 Å². The molecule has 0 unspecified atom stereocenters. The lowest BCUT2D eigenvalue weighted by molar-refractivity contribution is 0.0952. The molecular formula is C25H34N2O2. The van der Waals surface area contributed by atoms with Crippen LogP contribution < -0.4 is 10.1 Å². The highest BCUT2D eigenvalue weighted by Gasteiger charge is 2.16. The van der Waals surface area contributed by atoms with Crippen molar-refractivity contribution in [2.75, 3.05) is 26.2 Å². The van der Waals surface area contributed by atoms with Crippen LogP contribution in [0.4, 0.5) is 0 Å². The molecule has 1 N–H and O–H groups in total. The van der Waals surface area contributed by atoms with Crippen LogP contribution in [0.5, 0.6) is 5.75 Å². The van der Waals surface area contributed by atoms with Crippen molar-refractivity contribution in [1.82, 2.24) is 10.2 Å². The molecule has 2 aromatic rings. The first kappa shape index (κ1) is 21.4. The van der Waals surface area contributed by atoms with Gasteiger partial charge in [-0.15, -0.1) is 0 Å². The highest BCUT2D eigenvalue weighted by Crippen LogP contribution is 2.27. The number of hydrogen-bond acceptors (Lipinski definition) is 3. The van der Waals surface area contributed by atoms with Crippen LogP contribution >= 0.6 is 0 Å². The van der Waals surface area contributed by atoms with Gasteiger partial charge in [-0.25, -0.2) is 0 Å². The van der Waals surface area contributed by atoms with Gasteiger partial charge in [-0.05, 0) is 87.1 Å². The zero-order valence-electron chi connectivity index (χ0n) is 17.8. The molecule has 4 heteroatoms. The Balaban J connectivity index is 1.55. The van der Waals surface area contributed by atoms with Crippen molar-refractivity contribution in [3.8, 4) is 16.9 Å². The van der Waals surface area contributed by atoms with Crippen LogP contribution in [0.1, 0.15) is 56.3 Å². The molecular weight excluding hydrogens is 360 g/mol. The Labute approximate surface area is 175 Å². The third-order valence-electron chi connectivity index (χ3n) is 5.75. The standard InChI is InChI=1S/C25H34N2O2/c1-3-27(4-2)18-8-17-26-25(28)22-10-7-9-21(19-22)20-13-15-24(16-14-20)29-23-11-5-6-12-23/h7,9-10,13-16,19,23H,3-6,8,11-12,17-18H2,1-2H3,(H,26,28). The lowest BCUT2D eigenvalue weighted by atomic mass is 10.0.